The van der Waals surface area contributed by atoms with Gasteiger partial charge in [-0.15, -0.1) is 0 Å². The van der Waals surface area contributed by atoms with E-state index in [4.69, 9.17) is 4.74 Å². The van der Waals surface area contributed by atoms with E-state index in [-0.39, 0.29) is 24.1 Å². The number of methoxy groups -OCH3 is 1. The molecule has 1 aliphatic carbocycles. The van der Waals surface area contributed by atoms with Crippen LogP contribution < -0.4 is 0 Å². The van der Waals surface area contributed by atoms with E-state index in [2.05, 4.69) is 25.2 Å². The standard InChI is InChI=1S/C15H24O3.C7H10O2/c1-9-7-13(16)12(11(3)10(9)2)8-14(17)18-15(4,5)6;1-4-6(2)5-7(8)9-3/h9-10H,7-8H2,1-6H3;4-5H,1H2,2-3H3/b;6-5+. The molecule has 2 unspecified atom stereocenters. The van der Waals surface area contributed by atoms with Gasteiger partial charge in [0.05, 0.1) is 13.5 Å². The van der Waals surface area contributed by atoms with Gasteiger partial charge in [0, 0.05) is 18.1 Å². The predicted octanol–water partition coefficient (Wildman–Crippen LogP) is 4.57. The van der Waals surface area contributed by atoms with Crippen LogP contribution in [0.15, 0.2) is 35.5 Å². The van der Waals surface area contributed by atoms with Crippen LogP contribution in [0.4, 0.5) is 0 Å². The van der Waals surface area contributed by atoms with Crippen molar-refractivity contribution in [3.63, 3.8) is 0 Å². The average Bonchev–Trinajstić information content (AvgIpc) is 2.55. The van der Waals surface area contributed by atoms with Crippen molar-refractivity contribution in [2.45, 2.75) is 66.9 Å². The Morgan fingerprint density at radius 1 is 1.26 bits per heavy atom. The van der Waals surface area contributed by atoms with Crippen molar-refractivity contribution in [3.8, 4) is 0 Å². The van der Waals surface area contributed by atoms with Crippen LogP contribution in [-0.4, -0.2) is 30.4 Å². The lowest BCUT2D eigenvalue weighted by Gasteiger charge is -2.29. The number of hydrogen-bond donors (Lipinski definition) is 0. The molecule has 1 aliphatic rings. The number of esters is 2. The van der Waals surface area contributed by atoms with Crippen LogP contribution in [-0.2, 0) is 23.9 Å². The van der Waals surface area contributed by atoms with Crippen LogP contribution >= 0.6 is 0 Å². The molecule has 0 amide bonds. The molecule has 0 fully saturated rings. The summed E-state index contributed by atoms with van der Waals surface area (Å²) in [6, 6.07) is 0. The Bertz CT molecular complexity index is 632. The molecule has 0 spiro atoms. The molecule has 2 atom stereocenters. The molecule has 0 aromatic rings. The summed E-state index contributed by atoms with van der Waals surface area (Å²) in [7, 11) is 1.34. The molecular formula is C22H34O5. The Hall–Kier alpha value is -2.17. The van der Waals surface area contributed by atoms with Gasteiger partial charge >= 0.3 is 11.9 Å². The summed E-state index contributed by atoms with van der Waals surface area (Å²) in [6.45, 7) is 16.9. The van der Waals surface area contributed by atoms with Crippen molar-refractivity contribution >= 4 is 17.7 Å². The quantitative estimate of drug-likeness (QED) is 0.407. The highest BCUT2D eigenvalue weighted by molar-refractivity contribution is 6.00. The zero-order chi connectivity index (χ0) is 21.4. The second kappa shape index (κ2) is 10.9. The zero-order valence-corrected chi connectivity index (χ0v) is 18.0. The Labute approximate surface area is 163 Å². The number of hydrogen-bond acceptors (Lipinski definition) is 5. The van der Waals surface area contributed by atoms with Crippen molar-refractivity contribution in [1.82, 2.24) is 0 Å². The maximum absolute atomic E-state index is 12.0. The monoisotopic (exact) mass is 378 g/mol. The number of rotatable bonds is 4. The molecule has 0 aromatic heterocycles. The molecule has 1 rings (SSSR count). The van der Waals surface area contributed by atoms with Crippen LogP contribution in [0, 0.1) is 11.8 Å². The van der Waals surface area contributed by atoms with Gasteiger partial charge in [0.1, 0.15) is 5.60 Å². The lowest BCUT2D eigenvalue weighted by molar-refractivity contribution is -0.154. The zero-order valence-electron chi connectivity index (χ0n) is 18.0. The highest BCUT2D eigenvalue weighted by atomic mass is 16.6. The molecular weight excluding hydrogens is 344 g/mol. The summed E-state index contributed by atoms with van der Waals surface area (Å²) < 4.78 is 9.63. The lowest BCUT2D eigenvalue weighted by atomic mass is 9.76. The summed E-state index contributed by atoms with van der Waals surface area (Å²) >= 11 is 0. The molecule has 0 heterocycles. The number of carbonyl (C=O) groups excluding carboxylic acids is 3. The maximum Gasteiger partial charge on any atom is 0.330 e. The summed E-state index contributed by atoms with van der Waals surface area (Å²) in [6.07, 6.45) is 3.62. The van der Waals surface area contributed by atoms with Gasteiger partial charge in [0.2, 0.25) is 0 Å². The first kappa shape index (κ1) is 24.8. The predicted molar refractivity (Wildman–Crippen MR) is 107 cm³/mol. The normalized spacial score (nSPS) is 20.4. The molecule has 0 aromatic carbocycles. The topological polar surface area (TPSA) is 69.7 Å². The Balaban J connectivity index is 0.000000636. The molecule has 0 N–H and O–H groups in total. The summed E-state index contributed by atoms with van der Waals surface area (Å²) in [5, 5.41) is 0. The van der Waals surface area contributed by atoms with Gasteiger partial charge in [-0.1, -0.05) is 32.1 Å². The summed E-state index contributed by atoms with van der Waals surface area (Å²) in [4.78, 5) is 34.2. The Morgan fingerprint density at radius 3 is 2.26 bits per heavy atom. The fourth-order valence-corrected chi connectivity index (χ4v) is 2.58. The highest BCUT2D eigenvalue weighted by Gasteiger charge is 2.30. The largest absolute Gasteiger partial charge is 0.466 e. The van der Waals surface area contributed by atoms with E-state index in [1.807, 2.05) is 27.7 Å². The minimum atomic E-state index is -0.498. The van der Waals surface area contributed by atoms with E-state index in [1.165, 1.54) is 13.2 Å². The molecule has 0 aliphatic heterocycles. The van der Waals surface area contributed by atoms with Gasteiger partial charge in [-0.05, 0) is 52.0 Å². The SMILES string of the molecule is C=C/C(C)=C/C(=O)OC.CC1=C(CC(=O)OC(C)(C)C)C(=O)CC(C)C1C. The average molecular weight is 379 g/mol. The third-order valence-corrected chi connectivity index (χ3v) is 4.47. The van der Waals surface area contributed by atoms with E-state index in [0.29, 0.717) is 23.8 Å². The van der Waals surface area contributed by atoms with Crippen LogP contribution in [0.3, 0.4) is 0 Å². The third kappa shape index (κ3) is 9.36. The van der Waals surface area contributed by atoms with Crippen molar-refractivity contribution in [2.75, 3.05) is 7.11 Å². The Morgan fingerprint density at radius 2 is 1.81 bits per heavy atom. The molecule has 152 valence electrons. The van der Waals surface area contributed by atoms with Crippen LogP contribution in [0.1, 0.15) is 61.3 Å². The summed E-state index contributed by atoms with van der Waals surface area (Å²) in [5.41, 5.74) is 2.02. The minimum absolute atomic E-state index is 0.101. The molecule has 0 saturated carbocycles. The van der Waals surface area contributed by atoms with Crippen molar-refractivity contribution < 1.29 is 23.9 Å². The van der Waals surface area contributed by atoms with Gasteiger partial charge in [-0.3, -0.25) is 9.59 Å². The van der Waals surface area contributed by atoms with Gasteiger partial charge < -0.3 is 9.47 Å². The third-order valence-electron chi connectivity index (χ3n) is 4.47. The molecule has 5 nitrogen and oxygen atoms in total. The second-order valence-corrected chi connectivity index (χ2v) is 7.93. The van der Waals surface area contributed by atoms with Crippen molar-refractivity contribution in [3.05, 3.63) is 35.5 Å². The van der Waals surface area contributed by atoms with E-state index in [9.17, 15) is 14.4 Å². The molecule has 0 saturated heterocycles. The smallest absolute Gasteiger partial charge is 0.330 e. The number of allylic oxidation sites excluding steroid dienone is 3. The molecule has 0 bridgehead atoms. The van der Waals surface area contributed by atoms with Crippen molar-refractivity contribution in [2.24, 2.45) is 11.8 Å². The first-order valence-electron chi connectivity index (χ1n) is 9.15. The molecule has 5 heteroatoms. The fraction of sp³-hybridized carbons (Fsp3) is 0.591. The second-order valence-electron chi connectivity index (χ2n) is 7.93. The number of Topliss-reactive ketones (excluding diaryl/α,β-unsaturated/α-hetero) is 1. The van der Waals surface area contributed by atoms with E-state index >= 15 is 0 Å². The lowest BCUT2D eigenvalue weighted by Crippen LogP contribution is -2.28. The van der Waals surface area contributed by atoms with Gasteiger partial charge in [0.15, 0.2) is 5.78 Å². The minimum Gasteiger partial charge on any atom is -0.466 e. The van der Waals surface area contributed by atoms with E-state index < -0.39 is 5.60 Å². The summed E-state index contributed by atoms with van der Waals surface area (Å²) in [5.74, 6) is 0.170. The Kier molecular flexibility index (Phi) is 9.98. The first-order valence-corrected chi connectivity index (χ1v) is 9.15. The number of carbonyl (C=O) groups is 3. The van der Waals surface area contributed by atoms with Crippen LogP contribution in [0.25, 0.3) is 0 Å². The van der Waals surface area contributed by atoms with E-state index in [0.717, 1.165) is 11.1 Å². The molecule has 0 radical (unpaired) electrons. The van der Waals surface area contributed by atoms with Crippen LogP contribution in [0.2, 0.25) is 0 Å². The van der Waals surface area contributed by atoms with Crippen LogP contribution in [0.5, 0.6) is 0 Å². The van der Waals surface area contributed by atoms with Gasteiger partial charge in [0.25, 0.3) is 0 Å². The molecule has 27 heavy (non-hydrogen) atoms. The number of ketones is 1. The fourth-order valence-electron chi connectivity index (χ4n) is 2.58. The van der Waals surface area contributed by atoms with Gasteiger partial charge in [-0.2, -0.15) is 0 Å². The maximum atomic E-state index is 12.0. The van der Waals surface area contributed by atoms with Gasteiger partial charge in [-0.25, -0.2) is 4.79 Å². The van der Waals surface area contributed by atoms with E-state index in [1.54, 1.807) is 13.0 Å². The first-order chi connectivity index (χ1) is 12.3. The highest BCUT2D eigenvalue weighted by Crippen LogP contribution is 2.33. The van der Waals surface area contributed by atoms with Crippen molar-refractivity contribution in [1.29, 1.82) is 0 Å². The number of ether oxygens (including phenoxy) is 2.